The van der Waals surface area contributed by atoms with Crippen molar-refractivity contribution >= 4 is 21.8 Å². The summed E-state index contributed by atoms with van der Waals surface area (Å²) < 4.78 is 2.53. The van der Waals surface area contributed by atoms with Crippen LogP contribution < -0.4 is 0 Å². The third kappa shape index (κ3) is 5.52. The minimum Gasteiger partial charge on any atom is -0.309 e. The Morgan fingerprint density at radius 1 is 0.391 bits per heavy atom. The third-order valence-corrected chi connectivity index (χ3v) is 13.7. The Kier molecular flexibility index (Phi) is 8.22. The maximum absolute atomic E-state index is 5.13. The standard InChI is InChI=1S/C60H40N4/c1-2-14-45(15-3-1)59-62-54(37-55(63-59)44-31-25-40(26-32-44)47-16-11-35-61-38-47)43-29-23-39(24-30-43)46-33-34-56-49(36-46)48-17-10-21-53-58(48)64(56)57-22-9-8-20-52(57)60(53)50-18-6-4-12-41(50)27-28-42-13-5-7-19-51(42)60/h1-26,29-38H,27-28H2. The van der Waals surface area contributed by atoms with Crippen molar-refractivity contribution in [2.75, 3.05) is 0 Å². The van der Waals surface area contributed by atoms with Gasteiger partial charge in [0.2, 0.25) is 0 Å². The van der Waals surface area contributed by atoms with E-state index in [4.69, 9.17) is 9.97 Å². The molecule has 4 heteroatoms. The summed E-state index contributed by atoms with van der Waals surface area (Å²) >= 11 is 0. The van der Waals surface area contributed by atoms with Gasteiger partial charge in [-0.1, -0.05) is 176 Å². The molecule has 0 fully saturated rings. The first-order valence-corrected chi connectivity index (χ1v) is 22.1. The Bertz CT molecular complexity index is 3540. The van der Waals surface area contributed by atoms with Crippen LogP contribution in [0.2, 0.25) is 0 Å². The molecule has 4 heterocycles. The topological polar surface area (TPSA) is 43.6 Å². The fourth-order valence-corrected chi connectivity index (χ4v) is 10.8. The van der Waals surface area contributed by atoms with E-state index in [2.05, 4.69) is 192 Å². The SMILES string of the molecule is c1ccc(-c2nc(-c3ccc(-c4cccnc4)cc3)cc(-c3ccc(-c4ccc5c(c4)c4cccc6c4n5-c4ccccc4C64c5ccccc5CCc5ccccc54)cc3)n2)cc1. The monoisotopic (exact) mass is 816 g/mol. The summed E-state index contributed by atoms with van der Waals surface area (Å²) in [6.07, 6.45) is 5.73. The van der Waals surface area contributed by atoms with Crippen LogP contribution in [0.15, 0.2) is 219 Å². The Balaban J connectivity index is 0.935. The van der Waals surface area contributed by atoms with Gasteiger partial charge in [0, 0.05) is 39.9 Å². The maximum Gasteiger partial charge on any atom is 0.160 e. The van der Waals surface area contributed by atoms with Crippen LogP contribution in [0.1, 0.15) is 33.4 Å². The number of nitrogens with zero attached hydrogens (tertiary/aromatic N) is 4. The highest BCUT2D eigenvalue weighted by molar-refractivity contribution is 6.13. The maximum atomic E-state index is 5.13. The molecule has 4 nitrogen and oxygen atoms in total. The number of rotatable bonds is 5. The molecule has 1 spiro atoms. The normalized spacial score (nSPS) is 13.3. The Labute approximate surface area is 371 Å². The fourth-order valence-electron chi connectivity index (χ4n) is 10.8. The summed E-state index contributed by atoms with van der Waals surface area (Å²) in [6.45, 7) is 0. The molecule has 64 heavy (non-hydrogen) atoms. The third-order valence-electron chi connectivity index (χ3n) is 13.7. The molecule has 2 aliphatic rings. The molecule has 0 N–H and O–H groups in total. The minimum absolute atomic E-state index is 0.451. The van der Waals surface area contributed by atoms with Crippen LogP contribution in [0.25, 0.3) is 83.6 Å². The molecule has 0 amide bonds. The zero-order chi connectivity index (χ0) is 42.2. The number of hydrogen-bond acceptors (Lipinski definition) is 3. The van der Waals surface area contributed by atoms with Gasteiger partial charge in [0.05, 0.1) is 33.5 Å². The first-order chi connectivity index (χ1) is 31.7. The van der Waals surface area contributed by atoms with Crippen molar-refractivity contribution in [2.45, 2.75) is 18.3 Å². The number of hydrogen-bond donors (Lipinski definition) is 0. The average Bonchev–Trinajstić information content (AvgIpc) is 3.63. The van der Waals surface area contributed by atoms with Gasteiger partial charge in [0.1, 0.15) is 0 Å². The molecular formula is C60H40N4. The second-order valence-corrected chi connectivity index (χ2v) is 17.1. The summed E-state index contributed by atoms with van der Waals surface area (Å²) in [7, 11) is 0. The number of para-hydroxylation sites is 2. The number of fused-ring (bicyclic) bond motifs is 11. The van der Waals surface area contributed by atoms with Gasteiger partial charge in [-0.25, -0.2) is 9.97 Å². The van der Waals surface area contributed by atoms with E-state index in [-0.39, 0.29) is 0 Å². The molecule has 0 unspecified atom stereocenters. The zero-order valence-corrected chi connectivity index (χ0v) is 35.0. The molecule has 1 aliphatic carbocycles. The quantitative estimate of drug-likeness (QED) is 0.174. The highest BCUT2D eigenvalue weighted by atomic mass is 15.0. The highest BCUT2D eigenvalue weighted by Crippen LogP contribution is 2.56. The number of benzene rings is 8. The molecule has 0 bridgehead atoms. The van der Waals surface area contributed by atoms with E-state index < -0.39 is 5.41 Å². The lowest BCUT2D eigenvalue weighted by Crippen LogP contribution is -2.36. The lowest BCUT2D eigenvalue weighted by atomic mass is 9.62. The number of aryl methyl sites for hydroxylation is 2. The molecular weight excluding hydrogens is 777 g/mol. The van der Waals surface area contributed by atoms with Crippen LogP contribution in [-0.2, 0) is 18.3 Å². The highest BCUT2D eigenvalue weighted by Gasteiger charge is 2.47. The molecule has 300 valence electrons. The van der Waals surface area contributed by atoms with E-state index >= 15 is 0 Å². The van der Waals surface area contributed by atoms with Gasteiger partial charge in [-0.2, -0.15) is 0 Å². The second kappa shape index (κ2) is 14.4. The zero-order valence-electron chi connectivity index (χ0n) is 35.0. The van der Waals surface area contributed by atoms with Crippen LogP contribution in [0.3, 0.4) is 0 Å². The van der Waals surface area contributed by atoms with Crippen molar-refractivity contribution < 1.29 is 0 Å². The Morgan fingerprint density at radius 2 is 0.953 bits per heavy atom. The molecule has 0 saturated carbocycles. The van der Waals surface area contributed by atoms with Crippen molar-refractivity contribution in [3.63, 3.8) is 0 Å². The smallest absolute Gasteiger partial charge is 0.160 e. The minimum atomic E-state index is -0.451. The van der Waals surface area contributed by atoms with Crippen molar-refractivity contribution in [1.82, 2.24) is 19.5 Å². The van der Waals surface area contributed by atoms with Crippen LogP contribution in [0.5, 0.6) is 0 Å². The Morgan fingerprint density at radius 3 is 1.62 bits per heavy atom. The van der Waals surface area contributed by atoms with E-state index in [0.717, 1.165) is 57.6 Å². The van der Waals surface area contributed by atoms with Crippen molar-refractivity contribution in [3.05, 3.63) is 252 Å². The Hall–Kier alpha value is -8.21. The summed E-state index contributed by atoms with van der Waals surface area (Å²) in [4.78, 5) is 14.5. The van der Waals surface area contributed by atoms with E-state index in [0.29, 0.717) is 5.82 Å². The van der Waals surface area contributed by atoms with Crippen LogP contribution >= 0.6 is 0 Å². The number of pyridine rings is 1. The molecule has 11 aromatic rings. The first-order valence-electron chi connectivity index (χ1n) is 22.1. The van der Waals surface area contributed by atoms with E-state index in [1.54, 1.807) is 6.20 Å². The summed E-state index contributed by atoms with van der Waals surface area (Å²) in [5, 5.41) is 2.53. The van der Waals surface area contributed by atoms with Crippen molar-refractivity contribution in [1.29, 1.82) is 0 Å². The average molecular weight is 817 g/mol. The second-order valence-electron chi connectivity index (χ2n) is 17.1. The van der Waals surface area contributed by atoms with Gasteiger partial charge in [-0.05, 0) is 98.8 Å². The molecule has 13 rings (SSSR count). The van der Waals surface area contributed by atoms with E-state index in [1.807, 2.05) is 30.5 Å². The molecule has 8 aromatic carbocycles. The van der Waals surface area contributed by atoms with Crippen molar-refractivity contribution in [2.24, 2.45) is 0 Å². The van der Waals surface area contributed by atoms with Gasteiger partial charge in [0.25, 0.3) is 0 Å². The van der Waals surface area contributed by atoms with Gasteiger partial charge in [0.15, 0.2) is 5.82 Å². The van der Waals surface area contributed by atoms with Crippen molar-refractivity contribution in [3.8, 4) is 61.8 Å². The van der Waals surface area contributed by atoms with Gasteiger partial charge in [-0.15, -0.1) is 0 Å². The largest absolute Gasteiger partial charge is 0.309 e. The predicted molar refractivity (Wildman–Crippen MR) is 261 cm³/mol. The lowest BCUT2D eigenvalue weighted by Gasteiger charge is -2.42. The van der Waals surface area contributed by atoms with Gasteiger partial charge < -0.3 is 4.57 Å². The summed E-state index contributed by atoms with van der Waals surface area (Å²) in [5.41, 5.74) is 20.9. The molecule has 0 saturated heterocycles. The van der Waals surface area contributed by atoms with Crippen LogP contribution in [-0.4, -0.2) is 19.5 Å². The lowest BCUT2D eigenvalue weighted by molar-refractivity contribution is 0.722. The fraction of sp³-hybridized carbons (Fsp3) is 0.0500. The van der Waals surface area contributed by atoms with Crippen LogP contribution in [0, 0.1) is 0 Å². The predicted octanol–water partition coefficient (Wildman–Crippen LogP) is 14.1. The van der Waals surface area contributed by atoms with E-state index in [1.165, 1.54) is 66.4 Å². The first kappa shape index (κ1) is 36.4. The molecule has 3 aromatic heterocycles. The number of aromatic nitrogens is 4. The summed E-state index contributed by atoms with van der Waals surface area (Å²) in [5.74, 6) is 0.700. The van der Waals surface area contributed by atoms with Gasteiger partial charge >= 0.3 is 0 Å². The van der Waals surface area contributed by atoms with Gasteiger partial charge in [-0.3, -0.25) is 4.98 Å². The molecule has 0 atom stereocenters. The molecule has 1 aliphatic heterocycles. The summed E-state index contributed by atoms with van der Waals surface area (Å²) in [6, 6.07) is 75.3. The van der Waals surface area contributed by atoms with Crippen LogP contribution in [0.4, 0.5) is 0 Å². The van der Waals surface area contributed by atoms with E-state index in [9.17, 15) is 0 Å². The molecule has 0 radical (unpaired) electrons.